The van der Waals surface area contributed by atoms with Gasteiger partial charge in [0.15, 0.2) is 0 Å². The first kappa shape index (κ1) is 16.1. The molecule has 0 bridgehead atoms. The summed E-state index contributed by atoms with van der Waals surface area (Å²) in [5.74, 6) is -0.363. The summed E-state index contributed by atoms with van der Waals surface area (Å²) < 4.78 is 18.8. The highest BCUT2D eigenvalue weighted by molar-refractivity contribution is 6.30. The van der Waals surface area contributed by atoms with Crippen molar-refractivity contribution in [2.45, 2.75) is 31.8 Å². The number of pyridine rings is 1. The second-order valence-corrected chi connectivity index (χ2v) is 6.07. The molecule has 1 aromatic carbocycles. The predicted molar refractivity (Wildman–Crippen MR) is 87.0 cm³/mol. The van der Waals surface area contributed by atoms with E-state index in [9.17, 15) is 9.18 Å². The van der Waals surface area contributed by atoms with E-state index in [1.165, 1.54) is 12.1 Å². The Hall–Kier alpha value is -1.72. The fourth-order valence-electron chi connectivity index (χ4n) is 2.71. The lowest BCUT2D eigenvalue weighted by molar-refractivity contribution is -0.121. The molecule has 1 saturated heterocycles. The molecule has 2 aromatic rings. The fraction of sp³-hybridized carbons (Fsp3) is 0.412. The van der Waals surface area contributed by atoms with Gasteiger partial charge in [-0.15, -0.1) is 0 Å². The van der Waals surface area contributed by atoms with Crippen molar-refractivity contribution in [1.82, 2.24) is 10.3 Å². The molecule has 3 rings (SSSR count). The molecule has 1 aromatic heterocycles. The highest BCUT2D eigenvalue weighted by Gasteiger charge is 2.16. The van der Waals surface area contributed by atoms with Gasteiger partial charge in [0.05, 0.1) is 11.6 Å². The molecule has 1 amide bonds. The van der Waals surface area contributed by atoms with Gasteiger partial charge < -0.3 is 10.1 Å². The van der Waals surface area contributed by atoms with Crippen LogP contribution in [0.25, 0.3) is 10.9 Å². The van der Waals surface area contributed by atoms with Crippen molar-refractivity contribution in [3.05, 3.63) is 40.8 Å². The van der Waals surface area contributed by atoms with Crippen LogP contribution < -0.4 is 5.32 Å². The van der Waals surface area contributed by atoms with Crippen molar-refractivity contribution in [2.75, 3.05) is 13.2 Å². The van der Waals surface area contributed by atoms with Gasteiger partial charge in [0.25, 0.3) is 0 Å². The Morgan fingerprint density at radius 1 is 1.43 bits per heavy atom. The molecular formula is C17H18ClFN2O2. The summed E-state index contributed by atoms with van der Waals surface area (Å²) in [7, 11) is 0. The van der Waals surface area contributed by atoms with Gasteiger partial charge in [0.2, 0.25) is 5.91 Å². The number of fused-ring (bicyclic) bond motifs is 1. The Bertz CT molecular complexity index is 717. The van der Waals surface area contributed by atoms with Crippen LogP contribution >= 0.6 is 11.6 Å². The second-order valence-electron chi connectivity index (χ2n) is 5.71. The summed E-state index contributed by atoms with van der Waals surface area (Å²) in [6.07, 6.45) is 2.96. The number of aromatic nitrogens is 1. The van der Waals surface area contributed by atoms with Crippen LogP contribution in [0.1, 0.15) is 24.8 Å². The number of nitrogens with one attached hydrogen (secondary N) is 1. The van der Waals surface area contributed by atoms with Gasteiger partial charge in [0, 0.05) is 25.0 Å². The Balaban J connectivity index is 1.59. The van der Waals surface area contributed by atoms with Crippen LogP contribution in [-0.2, 0) is 16.0 Å². The van der Waals surface area contributed by atoms with Gasteiger partial charge in [-0.05, 0) is 49.1 Å². The van der Waals surface area contributed by atoms with Crippen molar-refractivity contribution >= 4 is 28.4 Å². The van der Waals surface area contributed by atoms with E-state index in [1.807, 2.05) is 0 Å². The number of amides is 1. The lowest BCUT2D eigenvalue weighted by atomic mass is 10.1. The zero-order valence-electron chi connectivity index (χ0n) is 12.6. The third-order valence-electron chi connectivity index (χ3n) is 3.98. The molecule has 1 atom stereocenters. The molecule has 1 N–H and O–H groups in total. The van der Waals surface area contributed by atoms with Crippen LogP contribution in [0.5, 0.6) is 0 Å². The van der Waals surface area contributed by atoms with Crippen molar-refractivity contribution < 1.29 is 13.9 Å². The Kier molecular flexibility index (Phi) is 5.08. The normalized spacial score (nSPS) is 17.6. The quantitative estimate of drug-likeness (QED) is 0.853. The lowest BCUT2D eigenvalue weighted by Crippen LogP contribution is -2.31. The first-order chi connectivity index (χ1) is 11.1. The summed E-state index contributed by atoms with van der Waals surface area (Å²) in [5.41, 5.74) is 1.39. The van der Waals surface area contributed by atoms with Gasteiger partial charge in [-0.1, -0.05) is 11.6 Å². The smallest absolute Gasteiger partial charge is 0.220 e. The molecule has 1 aliphatic heterocycles. The van der Waals surface area contributed by atoms with Crippen LogP contribution in [0.2, 0.25) is 5.15 Å². The highest BCUT2D eigenvalue weighted by atomic mass is 35.5. The molecule has 122 valence electrons. The maximum absolute atomic E-state index is 13.3. The number of benzene rings is 1. The number of rotatable bonds is 5. The number of ether oxygens (including phenoxy) is 1. The number of hydrogen-bond acceptors (Lipinski definition) is 3. The summed E-state index contributed by atoms with van der Waals surface area (Å²) in [6.45, 7) is 1.32. The molecule has 0 saturated carbocycles. The molecule has 2 heterocycles. The molecule has 0 radical (unpaired) electrons. The largest absolute Gasteiger partial charge is 0.376 e. The van der Waals surface area contributed by atoms with E-state index < -0.39 is 0 Å². The van der Waals surface area contributed by atoms with Crippen molar-refractivity contribution in [3.63, 3.8) is 0 Å². The molecule has 6 heteroatoms. The zero-order chi connectivity index (χ0) is 16.2. The third kappa shape index (κ3) is 4.18. The first-order valence-electron chi connectivity index (χ1n) is 7.75. The van der Waals surface area contributed by atoms with E-state index in [-0.39, 0.29) is 17.8 Å². The zero-order valence-corrected chi connectivity index (χ0v) is 13.4. The number of carbonyl (C=O) groups excluding carboxylic acids is 1. The summed E-state index contributed by atoms with van der Waals surface area (Å²) in [6, 6.07) is 6.15. The summed E-state index contributed by atoms with van der Waals surface area (Å²) >= 11 is 6.15. The third-order valence-corrected chi connectivity index (χ3v) is 4.30. The van der Waals surface area contributed by atoms with Gasteiger partial charge >= 0.3 is 0 Å². The topological polar surface area (TPSA) is 51.2 Å². The molecule has 23 heavy (non-hydrogen) atoms. The lowest BCUT2D eigenvalue weighted by Gasteiger charge is -2.11. The molecule has 1 unspecified atom stereocenters. The SMILES string of the molecule is O=C(CCc1cc2cc(F)ccc2nc1Cl)NCC1CCCO1. The number of carbonyl (C=O) groups is 1. The average molecular weight is 337 g/mol. The minimum atomic E-state index is -0.318. The van der Waals surface area contributed by atoms with E-state index in [2.05, 4.69) is 10.3 Å². The van der Waals surface area contributed by atoms with Crippen LogP contribution in [0, 0.1) is 5.82 Å². The highest BCUT2D eigenvalue weighted by Crippen LogP contribution is 2.22. The van der Waals surface area contributed by atoms with E-state index in [0.29, 0.717) is 35.4 Å². The van der Waals surface area contributed by atoms with Gasteiger partial charge in [-0.25, -0.2) is 9.37 Å². The second kappa shape index (κ2) is 7.23. The number of hydrogen-bond donors (Lipinski definition) is 1. The maximum atomic E-state index is 13.3. The Morgan fingerprint density at radius 3 is 3.09 bits per heavy atom. The molecule has 1 aliphatic rings. The number of aryl methyl sites for hydroxylation is 1. The van der Waals surface area contributed by atoms with E-state index in [1.54, 1.807) is 12.1 Å². The van der Waals surface area contributed by atoms with Gasteiger partial charge in [-0.2, -0.15) is 0 Å². The van der Waals surface area contributed by atoms with Crippen LogP contribution in [0.15, 0.2) is 24.3 Å². The van der Waals surface area contributed by atoms with Crippen molar-refractivity contribution in [2.24, 2.45) is 0 Å². The van der Waals surface area contributed by atoms with Crippen LogP contribution in [0.4, 0.5) is 4.39 Å². The van der Waals surface area contributed by atoms with E-state index >= 15 is 0 Å². The number of halogens is 2. The molecule has 0 aliphatic carbocycles. The minimum Gasteiger partial charge on any atom is -0.376 e. The first-order valence-corrected chi connectivity index (χ1v) is 8.12. The number of nitrogens with zero attached hydrogens (tertiary/aromatic N) is 1. The molecular weight excluding hydrogens is 319 g/mol. The fourth-order valence-corrected chi connectivity index (χ4v) is 2.95. The summed E-state index contributed by atoms with van der Waals surface area (Å²) in [5, 5.41) is 3.92. The van der Waals surface area contributed by atoms with E-state index in [4.69, 9.17) is 16.3 Å². The molecule has 0 spiro atoms. The standard InChI is InChI=1S/C17H18ClFN2O2/c18-17-11(8-12-9-13(19)4-5-15(12)21-17)3-6-16(22)20-10-14-2-1-7-23-14/h4-5,8-9,14H,1-3,6-7,10H2,(H,20,22). The molecule has 1 fully saturated rings. The average Bonchev–Trinajstić information content (AvgIpc) is 3.04. The van der Waals surface area contributed by atoms with Gasteiger partial charge in [-0.3, -0.25) is 4.79 Å². The Morgan fingerprint density at radius 2 is 2.30 bits per heavy atom. The van der Waals surface area contributed by atoms with Crippen LogP contribution in [-0.4, -0.2) is 30.1 Å². The monoisotopic (exact) mass is 336 g/mol. The molecule has 4 nitrogen and oxygen atoms in total. The predicted octanol–water partition coefficient (Wildman–Crippen LogP) is 3.26. The Labute approximate surface area is 139 Å². The van der Waals surface area contributed by atoms with Gasteiger partial charge in [0.1, 0.15) is 11.0 Å². The van der Waals surface area contributed by atoms with Crippen molar-refractivity contribution in [3.8, 4) is 0 Å². The minimum absolute atomic E-state index is 0.0455. The van der Waals surface area contributed by atoms with E-state index in [0.717, 1.165) is 25.0 Å². The van der Waals surface area contributed by atoms with Crippen molar-refractivity contribution in [1.29, 1.82) is 0 Å². The maximum Gasteiger partial charge on any atom is 0.220 e. The van der Waals surface area contributed by atoms with Crippen LogP contribution in [0.3, 0.4) is 0 Å². The summed E-state index contributed by atoms with van der Waals surface area (Å²) in [4.78, 5) is 16.2.